The standard InChI is InChI=1S/C31H21NO4/c33-24-16-8-6-14-22(24)26-20-12-4-5-13-21(20)27(23-15-7-9-17-25(23)34)29-28(26)30(35)32(31(29)36)18-19-10-2-1-3-11-19/h1-17,33-34H,18H2. The third-order valence-corrected chi connectivity index (χ3v) is 6.66. The van der Waals surface area contributed by atoms with Crippen LogP contribution in [-0.2, 0) is 6.54 Å². The van der Waals surface area contributed by atoms with Gasteiger partial charge in [0.2, 0.25) is 0 Å². The van der Waals surface area contributed by atoms with Crippen LogP contribution in [-0.4, -0.2) is 26.9 Å². The van der Waals surface area contributed by atoms with E-state index in [4.69, 9.17) is 0 Å². The number of hydrogen-bond acceptors (Lipinski definition) is 4. The number of nitrogens with zero attached hydrogens (tertiary/aromatic N) is 1. The van der Waals surface area contributed by atoms with Crippen LogP contribution in [0.25, 0.3) is 33.0 Å². The molecule has 5 aromatic rings. The molecule has 6 rings (SSSR count). The van der Waals surface area contributed by atoms with Crippen LogP contribution < -0.4 is 0 Å². The lowest BCUT2D eigenvalue weighted by Crippen LogP contribution is -2.29. The molecule has 0 radical (unpaired) electrons. The molecular weight excluding hydrogens is 450 g/mol. The lowest BCUT2D eigenvalue weighted by Gasteiger charge is -2.18. The lowest BCUT2D eigenvalue weighted by atomic mass is 9.84. The van der Waals surface area contributed by atoms with Gasteiger partial charge >= 0.3 is 0 Å². The number of phenols is 2. The Kier molecular flexibility index (Phi) is 5.04. The third-order valence-electron chi connectivity index (χ3n) is 6.66. The summed E-state index contributed by atoms with van der Waals surface area (Å²) in [6, 6.07) is 30.4. The quantitative estimate of drug-likeness (QED) is 0.298. The summed E-state index contributed by atoms with van der Waals surface area (Å²) in [5, 5.41) is 23.0. The molecule has 5 heteroatoms. The van der Waals surface area contributed by atoms with E-state index in [0.29, 0.717) is 33.0 Å². The lowest BCUT2D eigenvalue weighted by molar-refractivity contribution is 0.0643. The number of benzene rings is 5. The minimum Gasteiger partial charge on any atom is -0.507 e. The summed E-state index contributed by atoms with van der Waals surface area (Å²) >= 11 is 0. The van der Waals surface area contributed by atoms with Gasteiger partial charge in [-0.15, -0.1) is 0 Å². The van der Waals surface area contributed by atoms with Gasteiger partial charge in [-0.3, -0.25) is 14.5 Å². The first-order valence-corrected chi connectivity index (χ1v) is 11.6. The van der Waals surface area contributed by atoms with Crippen LogP contribution in [0.3, 0.4) is 0 Å². The highest BCUT2D eigenvalue weighted by Crippen LogP contribution is 2.48. The highest BCUT2D eigenvalue weighted by molar-refractivity contribution is 6.31. The number of phenolic OH excluding ortho intramolecular Hbond substituents is 2. The molecule has 174 valence electrons. The molecule has 0 atom stereocenters. The second-order valence-electron chi connectivity index (χ2n) is 8.76. The van der Waals surface area contributed by atoms with Crippen molar-refractivity contribution in [3.8, 4) is 33.8 Å². The Morgan fingerprint density at radius 2 is 0.917 bits per heavy atom. The van der Waals surface area contributed by atoms with Crippen LogP contribution in [0, 0.1) is 0 Å². The number of fused-ring (bicyclic) bond motifs is 2. The van der Waals surface area contributed by atoms with Crippen molar-refractivity contribution in [2.24, 2.45) is 0 Å². The van der Waals surface area contributed by atoms with E-state index in [1.165, 1.54) is 4.90 Å². The second kappa shape index (κ2) is 8.40. The van der Waals surface area contributed by atoms with Crippen LogP contribution >= 0.6 is 0 Å². The largest absolute Gasteiger partial charge is 0.507 e. The summed E-state index contributed by atoms with van der Waals surface area (Å²) in [4.78, 5) is 29.2. The van der Waals surface area contributed by atoms with Gasteiger partial charge in [-0.25, -0.2) is 0 Å². The first kappa shape index (κ1) is 21.6. The SMILES string of the molecule is O=C1c2c(c(-c3ccccc3O)c3ccccc3c2-c2ccccc2O)C(=O)N1Cc1ccccc1. The maximum absolute atomic E-state index is 14.0. The number of aromatic hydroxyl groups is 2. The summed E-state index contributed by atoms with van der Waals surface area (Å²) in [6.07, 6.45) is 0. The molecule has 2 N–H and O–H groups in total. The van der Waals surface area contributed by atoms with Gasteiger partial charge in [0.15, 0.2) is 0 Å². The van der Waals surface area contributed by atoms with Crippen molar-refractivity contribution in [1.82, 2.24) is 4.90 Å². The minimum absolute atomic E-state index is 0.0157. The second-order valence-corrected chi connectivity index (χ2v) is 8.76. The average Bonchev–Trinajstić information content (AvgIpc) is 3.14. The van der Waals surface area contributed by atoms with Gasteiger partial charge in [0.05, 0.1) is 17.7 Å². The molecule has 2 amide bonds. The Hall–Kier alpha value is -4.90. The highest BCUT2D eigenvalue weighted by atomic mass is 16.3. The van der Waals surface area contributed by atoms with Crippen molar-refractivity contribution in [2.45, 2.75) is 6.54 Å². The Morgan fingerprint density at radius 3 is 1.39 bits per heavy atom. The predicted molar refractivity (Wildman–Crippen MR) is 139 cm³/mol. The molecule has 5 nitrogen and oxygen atoms in total. The molecule has 0 unspecified atom stereocenters. The summed E-state index contributed by atoms with van der Waals surface area (Å²) in [5.41, 5.74) is 3.24. The smallest absolute Gasteiger partial charge is 0.262 e. The number of carbonyl (C=O) groups excluding carboxylic acids is 2. The number of amides is 2. The van der Waals surface area contributed by atoms with Crippen molar-refractivity contribution >= 4 is 22.6 Å². The van der Waals surface area contributed by atoms with Crippen LogP contribution in [0.5, 0.6) is 11.5 Å². The van der Waals surface area contributed by atoms with Crippen LogP contribution in [0.1, 0.15) is 26.3 Å². The van der Waals surface area contributed by atoms with Crippen molar-refractivity contribution in [2.75, 3.05) is 0 Å². The number of rotatable bonds is 4. The van der Waals surface area contributed by atoms with Gasteiger partial charge in [0.25, 0.3) is 11.8 Å². The molecule has 0 bridgehead atoms. The fourth-order valence-corrected chi connectivity index (χ4v) is 5.07. The number of hydrogen-bond donors (Lipinski definition) is 2. The maximum atomic E-state index is 14.0. The predicted octanol–water partition coefficient (Wildman–Crippen LogP) is 6.38. The van der Waals surface area contributed by atoms with E-state index in [1.807, 2.05) is 54.6 Å². The fourth-order valence-electron chi connectivity index (χ4n) is 5.07. The van der Waals surface area contributed by atoms with E-state index in [2.05, 4.69) is 0 Å². The summed E-state index contributed by atoms with van der Waals surface area (Å²) in [6.45, 7) is 0.115. The normalized spacial score (nSPS) is 12.8. The van der Waals surface area contributed by atoms with Crippen LogP contribution in [0.4, 0.5) is 0 Å². The third kappa shape index (κ3) is 3.25. The summed E-state index contributed by atoms with van der Waals surface area (Å²) in [7, 11) is 0. The zero-order valence-corrected chi connectivity index (χ0v) is 19.2. The average molecular weight is 472 g/mol. The van der Waals surface area contributed by atoms with E-state index in [-0.39, 0.29) is 29.2 Å². The van der Waals surface area contributed by atoms with E-state index in [0.717, 1.165) is 5.56 Å². The van der Waals surface area contributed by atoms with E-state index >= 15 is 0 Å². The molecule has 0 spiro atoms. The molecule has 1 heterocycles. The highest BCUT2D eigenvalue weighted by Gasteiger charge is 2.42. The molecular formula is C31H21NO4. The zero-order valence-electron chi connectivity index (χ0n) is 19.2. The molecule has 5 aromatic carbocycles. The van der Waals surface area contributed by atoms with Gasteiger partial charge < -0.3 is 10.2 Å². The van der Waals surface area contributed by atoms with Crippen molar-refractivity contribution in [1.29, 1.82) is 0 Å². The van der Waals surface area contributed by atoms with E-state index in [9.17, 15) is 19.8 Å². The van der Waals surface area contributed by atoms with E-state index in [1.54, 1.807) is 48.5 Å². The number of para-hydroxylation sites is 2. The molecule has 1 aliphatic heterocycles. The van der Waals surface area contributed by atoms with Gasteiger partial charge in [-0.2, -0.15) is 0 Å². The number of carbonyl (C=O) groups is 2. The van der Waals surface area contributed by atoms with Gasteiger partial charge in [-0.1, -0.05) is 91.0 Å². The number of imide groups is 1. The maximum Gasteiger partial charge on any atom is 0.262 e. The van der Waals surface area contributed by atoms with Gasteiger partial charge in [0.1, 0.15) is 11.5 Å². The fraction of sp³-hybridized carbons (Fsp3) is 0.0323. The van der Waals surface area contributed by atoms with Crippen LogP contribution in [0.2, 0.25) is 0 Å². The Morgan fingerprint density at radius 1 is 0.500 bits per heavy atom. The van der Waals surface area contributed by atoms with Crippen LogP contribution in [0.15, 0.2) is 103 Å². The molecule has 1 aliphatic rings. The minimum atomic E-state index is -0.431. The Labute approximate surface area is 207 Å². The first-order valence-electron chi connectivity index (χ1n) is 11.6. The molecule has 0 aliphatic carbocycles. The summed E-state index contributed by atoms with van der Waals surface area (Å²) < 4.78 is 0. The molecule has 0 aromatic heterocycles. The van der Waals surface area contributed by atoms with Crippen molar-refractivity contribution < 1.29 is 19.8 Å². The van der Waals surface area contributed by atoms with Gasteiger partial charge in [-0.05, 0) is 28.5 Å². The van der Waals surface area contributed by atoms with Gasteiger partial charge in [0, 0.05) is 22.3 Å². The molecule has 0 saturated heterocycles. The van der Waals surface area contributed by atoms with Crippen molar-refractivity contribution in [3.63, 3.8) is 0 Å². The first-order chi connectivity index (χ1) is 17.6. The van der Waals surface area contributed by atoms with E-state index < -0.39 is 11.8 Å². The zero-order chi connectivity index (χ0) is 24.8. The topological polar surface area (TPSA) is 77.8 Å². The summed E-state index contributed by atoms with van der Waals surface area (Å²) in [5.74, 6) is -0.831. The molecule has 0 fully saturated rings. The molecule has 36 heavy (non-hydrogen) atoms. The monoisotopic (exact) mass is 471 g/mol. The Bertz CT molecular complexity index is 1570. The Balaban J connectivity index is 1.73. The molecule has 0 saturated carbocycles. The van der Waals surface area contributed by atoms with Crippen molar-refractivity contribution in [3.05, 3.63) is 120 Å².